The van der Waals surface area contributed by atoms with Gasteiger partial charge in [-0.1, -0.05) is 18.9 Å². The van der Waals surface area contributed by atoms with Crippen molar-refractivity contribution in [1.29, 1.82) is 0 Å². The average Bonchev–Trinajstić information content (AvgIpc) is 2.69. The van der Waals surface area contributed by atoms with Gasteiger partial charge in [0.15, 0.2) is 12.1 Å². The summed E-state index contributed by atoms with van der Waals surface area (Å²) in [6.07, 6.45) is 9.12. The molecule has 90 valence electrons. The Morgan fingerprint density at radius 1 is 1.19 bits per heavy atom. The number of hydrogen-bond donors (Lipinski definition) is 0. The molecule has 0 aromatic heterocycles. The zero-order chi connectivity index (χ0) is 11.2. The summed E-state index contributed by atoms with van der Waals surface area (Å²) in [5.41, 5.74) is 0.999. The van der Waals surface area contributed by atoms with E-state index in [-0.39, 0.29) is 12.1 Å². The Hall–Kier alpha value is -0.670. The van der Waals surface area contributed by atoms with Crippen molar-refractivity contribution in [2.24, 2.45) is 0 Å². The molecule has 0 aromatic rings. The van der Waals surface area contributed by atoms with Gasteiger partial charge >= 0.3 is 0 Å². The maximum atomic E-state index is 12.0. The lowest BCUT2D eigenvalue weighted by Gasteiger charge is -2.12. The van der Waals surface area contributed by atoms with Gasteiger partial charge in [-0.25, -0.2) is 0 Å². The molecular formula is C13H20O3. The molecule has 0 spiro atoms. The highest BCUT2D eigenvalue weighted by Crippen LogP contribution is 2.20. The van der Waals surface area contributed by atoms with E-state index in [0.717, 1.165) is 24.8 Å². The number of rotatable bonds is 3. The van der Waals surface area contributed by atoms with Crippen LogP contribution in [0.4, 0.5) is 0 Å². The summed E-state index contributed by atoms with van der Waals surface area (Å²) < 4.78 is 10.6. The number of carbonyl (C=O) groups excluding carboxylic acids is 1. The van der Waals surface area contributed by atoms with Crippen molar-refractivity contribution in [3.8, 4) is 0 Å². The Kier molecular flexibility index (Phi) is 4.55. The van der Waals surface area contributed by atoms with Crippen molar-refractivity contribution in [3.05, 3.63) is 11.6 Å². The molecule has 3 nitrogen and oxygen atoms in total. The average molecular weight is 224 g/mol. The fourth-order valence-electron chi connectivity index (χ4n) is 2.25. The van der Waals surface area contributed by atoms with Gasteiger partial charge in [0.05, 0.1) is 19.6 Å². The van der Waals surface area contributed by atoms with E-state index in [0.29, 0.717) is 19.6 Å². The normalized spacial score (nSPS) is 23.6. The van der Waals surface area contributed by atoms with Crippen LogP contribution >= 0.6 is 0 Å². The highest BCUT2D eigenvalue weighted by Gasteiger charge is 2.21. The lowest BCUT2D eigenvalue weighted by Crippen LogP contribution is -2.16. The van der Waals surface area contributed by atoms with Crippen LogP contribution in [0.2, 0.25) is 0 Å². The molecule has 16 heavy (non-hydrogen) atoms. The molecule has 0 amide bonds. The van der Waals surface area contributed by atoms with E-state index in [9.17, 15) is 4.79 Å². The van der Waals surface area contributed by atoms with E-state index >= 15 is 0 Å². The van der Waals surface area contributed by atoms with Crippen LogP contribution in [0, 0.1) is 0 Å². The third kappa shape index (κ3) is 3.42. The van der Waals surface area contributed by atoms with Crippen LogP contribution in [0.5, 0.6) is 0 Å². The van der Waals surface area contributed by atoms with Crippen molar-refractivity contribution in [2.75, 3.05) is 13.2 Å². The quantitative estimate of drug-likeness (QED) is 0.739. The lowest BCUT2D eigenvalue weighted by atomic mass is 9.96. The number of ketones is 1. The minimum Gasteiger partial charge on any atom is -0.350 e. The van der Waals surface area contributed by atoms with Crippen molar-refractivity contribution >= 4 is 5.78 Å². The molecule has 0 atom stereocenters. The molecule has 0 unspecified atom stereocenters. The zero-order valence-corrected chi connectivity index (χ0v) is 9.74. The molecule has 1 heterocycles. The first kappa shape index (κ1) is 11.8. The SMILES string of the molecule is O=C(CC1OCCO1)C1=CCCCCCC1. The summed E-state index contributed by atoms with van der Waals surface area (Å²) >= 11 is 0. The minimum absolute atomic E-state index is 0.216. The molecule has 0 bridgehead atoms. The molecule has 0 radical (unpaired) electrons. The van der Waals surface area contributed by atoms with E-state index in [1.54, 1.807) is 0 Å². The maximum Gasteiger partial charge on any atom is 0.165 e. The van der Waals surface area contributed by atoms with Gasteiger partial charge in [-0.3, -0.25) is 4.79 Å². The molecule has 1 fully saturated rings. The molecule has 0 saturated carbocycles. The molecule has 0 aromatic carbocycles. The predicted octanol–water partition coefficient (Wildman–Crippen LogP) is 2.60. The summed E-state index contributed by atoms with van der Waals surface area (Å²) in [5.74, 6) is 0.216. The van der Waals surface area contributed by atoms with Crippen molar-refractivity contribution in [2.45, 2.75) is 51.2 Å². The second-order valence-electron chi connectivity index (χ2n) is 4.48. The molecule has 3 heteroatoms. The van der Waals surface area contributed by atoms with Crippen molar-refractivity contribution in [1.82, 2.24) is 0 Å². The first-order chi connectivity index (χ1) is 7.86. The number of allylic oxidation sites excluding steroid dienone is 2. The number of Topliss-reactive ketones (excluding diaryl/α,β-unsaturated/α-hetero) is 1. The molecule has 1 saturated heterocycles. The highest BCUT2D eigenvalue weighted by molar-refractivity contribution is 5.95. The Morgan fingerprint density at radius 2 is 1.94 bits per heavy atom. The van der Waals surface area contributed by atoms with Gasteiger partial charge in [0.1, 0.15) is 0 Å². The fourth-order valence-corrected chi connectivity index (χ4v) is 2.25. The third-order valence-electron chi connectivity index (χ3n) is 3.19. The summed E-state index contributed by atoms with van der Waals surface area (Å²) in [5, 5.41) is 0. The molecule has 2 aliphatic rings. The monoisotopic (exact) mass is 224 g/mol. The van der Waals surface area contributed by atoms with Crippen LogP contribution in [-0.2, 0) is 14.3 Å². The second-order valence-corrected chi connectivity index (χ2v) is 4.48. The van der Waals surface area contributed by atoms with E-state index in [4.69, 9.17) is 9.47 Å². The van der Waals surface area contributed by atoms with Gasteiger partial charge in [0.2, 0.25) is 0 Å². The largest absolute Gasteiger partial charge is 0.350 e. The van der Waals surface area contributed by atoms with Crippen LogP contribution in [-0.4, -0.2) is 25.3 Å². The van der Waals surface area contributed by atoms with Crippen LogP contribution in [0.25, 0.3) is 0 Å². The second kappa shape index (κ2) is 6.16. The highest BCUT2D eigenvalue weighted by atomic mass is 16.7. The molecule has 1 aliphatic heterocycles. The molecule has 0 N–H and O–H groups in total. The van der Waals surface area contributed by atoms with E-state index < -0.39 is 0 Å². The number of ether oxygens (including phenoxy) is 2. The summed E-state index contributed by atoms with van der Waals surface area (Å²) in [6, 6.07) is 0. The van der Waals surface area contributed by atoms with Gasteiger partial charge in [0.25, 0.3) is 0 Å². The Bertz CT molecular complexity index is 264. The lowest BCUT2D eigenvalue weighted by molar-refractivity contribution is -0.124. The standard InChI is InChI=1S/C13H20O3/c14-12(10-13-15-8-9-16-13)11-6-4-2-1-3-5-7-11/h6,13H,1-5,7-10H2. The molecular weight excluding hydrogens is 204 g/mol. The Morgan fingerprint density at radius 3 is 2.75 bits per heavy atom. The van der Waals surface area contributed by atoms with Crippen molar-refractivity contribution < 1.29 is 14.3 Å². The number of hydrogen-bond acceptors (Lipinski definition) is 3. The van der Waals surface area contributed by atoms with Gasteiger partial charge in [0, 0.05) is 0 Å². The van der Waals surface area contributed by atoms with Crippen LogP contribution < -0.4 is 0 Å². The minimum atomic E-state index is -0.293. The summed E-state index contributed by atoms with van der Waals surface area (Å²) in [7, 11) is 0. The predicted molar refractivity (Wildman–Crippen MR) is 61.1 cm³/mol. The first-order valence-electron chi connectivity index (χ1n) is 6.32. The Labute approximate surface area is 96.8 Å². The van der Waals surface area contributed by atoms with Gasteiger partial charge in [-0.2, -0.15) is 0 Å². The summed E-state index contributed by atoms with van der Waals surface area (Å²) in [4.78, 5) is 12.0. The van der Waals surface area contributed by atoms with Gasteiger partial charge in [-0.05, 0) is 31.3 Å². The van der Waals surface area contributed by atoms with Gasteiger partial charge < -0.3 is 9.47 Å². The zero-order valence-electron chi connectivity index (χ0n) is 9.74. The third-order valence-corrected chi connectivity index (χ3v) is 3.19. The first-order valence-corrected chi connectivity index (χ1v) is 6.32. The van der Waals surface area contributed by atoms with Crippen LogP contribution in [0.3, 0.4) is 0 Å². The smallest absolute Gasteiger partial charge is 0.165 e. The van der Waals surface area contributed by atoms with E-state index in [1.165, 1.54) is 19.3 Å². The van der Waals surface area contributed by atoms with Crippen LogP contribution in [0.1, 0.15) is 44.9 Å². The van der Waals surface area contributed by atoms with Gasteiger partial charge in [-0.15, -0.1) is 0 Å². The Balaban J connectivity index is 1.85. The maximum absolute atomic E-state index is 12.0. The van der Waals surface area contributed by atoms with E-state index in [1.807, 2.05) is 0 Å². The molecule has 1 aliphatic carbocycles. The van der Waals surface area contributed by atoms with E-state index in [2.05, 4.69) is 6.08 Å². The topological polar surface area (TPSA) is 35.5 Å². The van der Waals surface area contributed by atoms with Crippen molar-refractivity contribution in [3.63, 3.8) is 0 Å². The molecule has 2 rings (SSSR count). The fraction of sp³-hybridized carbons (Fsp3) is 0.769. The summed E-state index contributed by atoms with van der Waals surface area (Å²) in [6.45, 7) is 1.24. The number of carbonyl (C=O) groups is 1. The van der Waals surface area contributed by atoms with Crippen LogP contribution in [0.15, 0.2) is 11.6 Å².